The van der Waals surface area contributed by atoms with Crippen molar-refractivity contribution < 1.29 is 9.90 Å². The minimum atomic E-state index is -0.650. The summed E-state index contributed by atoms with van der Waals surface area (Å²) in [7, 11) is 0. The fourth-order valence-corrected chi connectivity index (χ4v) is 5.00. The van der Waals surface area contributed by atoms with E-state index in [0.29, 0.717) is 6.54 Å². The Kier molecular flexibility index (Phi) is 6.91. The average molecular weight is 387 g/mol. The van der Waals surface area contributed by atoms with Crippen molar-refractivity contribution in [1.29, 1.82) is 0 Å². The van der Waals surface area contributed by atoms with Gasteiger partial charge in [0, 0.05) is 42.0 Å². The molecule has 0 aliphatic carbocycles. The van der Waals surface area contributed by atoms with Crippen LogP contribution in [0, 0.1) is 5.92 Å². The molecule has 0 amide bonds. The molecule has 0 radical (unpaired) electrons. The van der Waals surface area contributed by atoms with Crippen molar-refractivity contribution in [3.05, 3.63) is 52.0 Å². The summed E-state index contributed by atoms with van der Waals surface area (Å²) in [5.41, 5.74) is 4.00. The van der Waals surface area contributed by atoms with Crippen LogP contribution in [0.15, 0.2) is 35.9 Å². The predicted octanol–water partition coefficient (Wildman–Crippen LogP) is 4.75. The summed E-state index contributed by atoms with van der Waals surface area (Å²) < 4.78 is 2.30. The molecule has 1 N–H and O–H groups in total. The fourth-order valence-electron chi connectivity index (χ4n) is 3.95. The SMILES string of the molecule is CCc1ccsc1/C(=C\CCN1CCCC(C(=O)O)C1)c1cccn1CC. The number of hydrogen-bond acceptors (Lipinski definition) is 3. The summed E-state index contributed by atoms with van der Waals surface area (Å²) in [5, 5.41) is 11.5. The molecular formula is C22H30N2O2S. The van der Waals surface area contributed by atoms with Gasteiger partial charge in [-0.1, -0.05) is 13.0 Å². The molecule has 1 aliphatic rings. The molecule has 0 saturated carbocycles. The molecule has 2 aromatic rings. The van der Waals surface area contributed by atoms with Crippen molar-refractivity contribution in [2.45, 2.75) is 46.1 Å². The van der Waals surface area contributed by atoms with E-state index in [1.54, 1.807) is 0 Å². The van der Waals surface area contributed by atoms with Crippen LogP contribution in [-0.4, -0.2) is 40.2 Å². The number of thiophene rings is 1. The first-order valence-corrected chi connectivity index (χ1v) is 10.9. The van der Waals surface area contributed by atoms with Gasteiger partial charge in [0.2, 0.25) is 0 Å². The summed E-state index contributed by atoms with van der Waals surface area (Å²) in [6.45, 7) is 7.96. The lowest BCUT2D eigenvalue weighted by molar-refractivity contribution is -0.143. The first kappa shape index (κ1) is 19.9. The highest BCUT2D eigenvalue weighted by molar-refractivity contribution is 7.11. The van der Waals surface area contributed by atoms with Crippen molar-refractivity contribution in [1.82, 2.24) is 9.47 Å². The number of hydrogen-bond donors (Lipinski definition) is 1. The Balaban J connectivity index is 1.78. The number of aryl methyl sites for hydroxylation is 2. The maximum Gasteiger partial charge on any atom is 0.307 e. The van der Waals surface area contributed by atoms with E-state index in [1.807, 2.05) is 11.3 Å². The molecule has 146 valence electrons. The van der Waals surface area contributed by atoms with Gasteiger partial charge in [0.25, 0.3) is 0 Å². The zero-order chi connectivity index (χ0) is 19.2. The van der Waals surface area contributed by atoms with Gasteiger partial charge in [-0.2, -0.15) is 0 Å². The molecule has 2 aromatic heterocycles. The topological polar surface area (TPSA) is 45.5 Å². The highest BCUT2D eigenvalue weighted by Crippen LogP contribution is 2.32. The summed E-state index contributed by atoms with van der Waals surface area (Å²) in [5.74, 6) is -0.855. The molecule has 1 saturated heterocycles. The van der Waals surface area contributed by atoms with Crippen molar-refractivity contribution in [3.8, 4) is 0 Å². The van der Waals surface area contributed by atoms with Crippen molar-refractivity contribution >= 4 is 22.9 Å². The van der Waals surface area contributed by atoms with Crippen LogP contribution in [0.2, 0.25) is 0 Å². The maximum absolute atomic E-state index is 11.3. The molecule has 0 spiro atoms. The molecule has 3 rings (SSSR count). The molecule has 0 aromatic carbocycles. The zero-order valence-electron chi connectivity index (χ0n) is 16.4. The Hall–Kier alpha value is -1.85. The molecule has 0 bridgehead atoms. The minimum absolute atomic E-state index is 0.205. The lowest BCUT2D eigenvalue weighted by Gasteiger charge is -2.30. The largest absolute Gasteiger partial charge is 0.481 e. The number of carboxylic acid groups (broad SMARTS) is 1. The van der Waals surface area contributed by atoms with Gasteiger partial charge in [0.15, 0.2) is 0 Å². The van der Waals surface area contributed by atoms with E-state index in [-0.39, 0.29) is 5.92 Å². The average Bonchev–Trinajstić information content (AvgIpc) is 3.34. The maximum atomic E-state index is 11.3. The van der Waals surface area contributed by atoms with Crippen LogP contribution in [0.3, 0.4) is 0 Å². The summed E-state index contributed by atoms with van der Waals surface area (Å²) in [6, 6.07) is 6.55. The number of carbonyl (C=O) groups is 1. The monoisotopic (exact) mass is 386 g/mol. The molecule has 1 unspecified atom stereocenters. The van der Waals surface area contributed by atoms with E-state index in [1.165, 1.54) is 21.7 Å². The molecule has 3 heterocycles. The Morgan fingerprint density at radius 1 is 1.37 bits per heavy atom. The van der Waals surface area contributed by atoms with E-state index in [0.717, 1.165) is 45.3 Å². The van der Waals surface area contributed by atoms with Gasteiger partial charge in [0.1, 0.15) is 0 Å². The lowest BCUT2D eigenvalue weighted by atomic mass is 9.98. The number of piperidine rings is 1. The summed E-state index contributed by atoms with van der Waals surface area (Å²) in [4.78, 5) is 15.0. The van der Waals surface area contributed by atoms with Gasteiger partial charge >= 0.3 is 5.97 Å². The molecule has 1 fully saturated rings. The summed E-state index contributed by atoms with van der Waals surface area (Å²) >= 11 is 1.82. The Morgan fingerprint density at radius 2 is 2.22 bits per heavy atom. The van der Waals surface area contributed by atoms with E-state index < -0.39 is 5.97 Å². The number of aliphatic carboxylic acids is 1. The van der Waals surface area contributed by atoms with Crippen LogP contribution in [0.4, 0.5) is 0 Å². The van der Waals surface area contributed by atoms with Gasteiger partial charge in [-0.3, -0.25) is 4.79 Å². The Morgan fingerprint density at radius 3 is 2.96 bits per heavy atom. The van der Waals surface area contributed by atoms with Crippen LogP contribution in [0.5, 0.6) is 0 Å². The second-order valence-electron chi connectivity index (χ2n) is 7.19. The van der Waals surface area contributed by atoms with Gasteiger partial charge in [0.05, 0.1) is 5.92 Å². The molecule has 1 aliphatic heterocycles. The smallest absolute Gasteiger partial charge is 0.307 e. The van der Waals surface area contributed by atoms with Crippen LogP contribution in [0.25, 0.3) is 5.57 Å². The second kappa shape index (κ2) is 9.38. The summed E-state index contributed by atoms with van der Waals surface area (Å²) in [6.07, 6.45) is 8.28. The minimum Gasteiger partial charge on any atom is -0.481 e. The van der Waals surface area contributed by atoms with Crippen molar-refractivity contribution in [2.24, 2.45) is 5.92 Å². The molecule has 1 atom stereocenters. The molecule has 4 nitrogen and oxygen atoms in total. The van der Waals surface area contributed by atoms with E-state index in [4.69, 9.17) is 0 Å². The number of likely N-dealkylation sites (tertiary alicyclic amines) is 1. The zero-order valence-corrected chi connectivity index (χ0v) is 17.2. The Labute approximate surface area is 166 Å². The quantitative estimate of drug-likeness (QED) is 0.712. The van der Waals surface area contributed by atoms with Gasteiger partial charge in [-0.25, -0.2) is 0 Å². The normalized spacial score (nSPS) is 18.7. The highest BCUT2D eigenvalue weighted by Gasteiger charge is 2.24. The van der Waals surface area contributed by atoms with Crippen molar-refractivity contribution in [2.75, 3.05) is 19.6 Å². The first-order chi connectivity index (χ1) is 13.1. The van der Waals surface area contributed by atoms with Crippen molar-refractivity contribution in [3.63, 3.8) is 0 Å². The van der Waals surface area contributed by atoms with E-state index >= 15 is 0 Å². The van der Waals surface area contributed by atoms with E-state index in [2.05, 4.69) is 59.2 Å². The third-order valence-electron chi connectivity index (χ3n) is 5.47. The third-order valence-corrected chi connectivity index (χ3v) is 6.46. The lowest BCUT2D eigenvalue weighted by Crippen LogP contribution is -2.39. The molecule has 5 heteroatoms. The van der Waals surface area contributed by atoms with E-state index in [9.17, 15) is 9.90 Å². The number of rotatable bonds is 8. The second-order valence-corrected chi connectivity index (χ2v) is 8.11. The Bertz CT molecular complexity index is 746. The molecule has 27 heavy (non-hydrogen) atoms. The van der Waals surface area contributed by atoms with Gasteiger partial charge in [-0.15, -0.1) is 11.3 Å². The fraction of sp³-hybridized carbons (Fsp3) is 0.500. The van der Waals surface area contributed by atoms with Crippen LogP contribution in [0.1, 0.15) is 49.2 Å². The van der Waals surface area contributed by atoms with Crippen LogP contribution >= 0.6 is 11.3 Å². The number of aromatic nitrogens is 1. The van der Waals surface area contributed by atoms with Gasteiger partial charge in [-0.05, 0) is 68.3 Å². The molecular weight excluding hydrogens is 356 g/mol. The van der Waals surface area contributed by atoms with Crippen LogP contribution in [-0.2, 0) is 17.8 Å². The first-order valence-electron chi connectivity index (χ1n) is 10.0. The van der Waals surface area contributed by atoms with Gasteiger partial charge < -0.3 is 14.6 Å². The highest BCUT2D eigenvalue weighted by atomic mass is 32.1. The van der Waals surface area contributed by atoms with Crippen LogP contribution < -0.4 is 0 Å². The third kappa shape index (κ3) is 4.71. The predicted molar refractivity (Wildman–Crippen MR) is 112 cm³/mol. The number of nitrogens with zero attached hydrogens (tertiary/aromatic N) is 2. The standard InChI is InChI=1S/C22H30N2O2S/c1-3-17-11-15-27-21(17)19(20-10-7-14-24(20)4-2)9-6-13-23-12-5-8-18(16-23)22(25)26/h7,9-11,14-15,18H,3-6,8,12-13,16H2,1-2H3,(H,25,26)/b19-9-. The number of carboxylic acids is 1.